The molecule has 2 N–H and O–H groups in total. The number of benzene rings is 1. The van der Waals surface area contributed by atoms with Crippen LogP contribution in [0.3, 0.4) is 0 Å². The van der Waals surface area contributed by atoms with Crippen LogP contribution in [0.25, 0.3) is 0 Å². The van der Waals surface area contributed by atoms with Crippen molar-refractivity contribution in [1.82, 2.24) is 5.32 Å². The highest BCUT2D eigenvalue weighted by Crippen LogP contribution is 2.21. The Morgan fingerprint density at radius 2 is 2.17 bits per heavy atom. The van der Waals surface area contributed by atoms with Crippen LogP contribution in [0.1, 0.15) is 20.8 Å². The highest BCUT2D eigenvalue weighted by atomic mass is 19.1. The van der Waals surface area contributed by atoms with Crippen LogP contribution in [0.4, 0.5) is 10.1 Å². The monoisotopic (exact) mass is 254 g/mol. The number of ether oxygens (including phenoxy) is 1. The molecule has 4 nitrogen and oxygen atoms in total. The van der Waals surface area contributed by atoms with Crippen molar-refractivity contribution in [3.63, 3.8) is 0 Å². The summed E-state index contributed by atoms with van der Waals surface area (Å²) >= 11 is 0. The molecule has 1 atom stereocenters. The fourth-order valence-corrected chi connectivity index (χ4v) is 1.51. The third-order valence-corrected chi connectivity index (χ3v) is 2.36. The summed E-state index contributed by atoms with van der Waals surface area (Å²) in [6, 6.07) is 4.14. The summed E-state index contributed by atoms with van der Waals surface area (Å²) in [6.07, 6.45) is 0. The highest BCUT2D eigenvalue weighted by Gasteiger charge is 2.12. The molecule has 0 bridgehead atoms. The second-order valence-electron chi connectivity index (χ2n) is 3.84. The number of hydrogen-bond donors (Lipinski definition) is 2. The van der Waals surface area contributed by atoms with Crippen LogP contribution in [0.15, 0.2) is 18.2 Å². The van der Waals surface area contributed by atoms with Crippen molar-refractivity contribution >= 4 is 11.6 Å². The lowest BCUT2D eigenvalue weighted by atomic mass is 10.2. The van der Waals surface area contributed by atoms with Gasteiger partial charge in [0.25, 0.3) is 0 Å². The fourth-order valence-electron chi connectivity index (χ4n) is 1.51. The Balaban J connectivity index is 2.68. The molecule has 100 valence electrons. The van der Waals surface area contributed by atoms with Gasteiger partial charge in [0, 0.05) is 18.3 Å². The third-order valence-electron chi connectivity index (χ3n) is 2.36. The topological polar surface area (TPSA) is 50.4 Å². The standard InChI is InChI=1S/C13H19FN2O2/c1-4-15-13(17)9(3)16-10-6-7-12(18-5-2)11(14)8-10/h6-9,16H,4-5H2,1-3H3,(H,15,17). The average Bonchev–Trinajstić information content (AvgIpc) is 2.33. The lowest BCUT2D eigenvalue weighted by molar-refractivity contribution is -0.121. The maximum atomic E-state index is 13.6. The largest absolute Gasteiger partial charge is 0.491 e. The molecule has 5 heteroatoms. The van der Waals surface area contributed by atoms with Gasteiger partial charge in [-0.15, -0.1) is 0 Å². The van der Waals surface area contributed by atoms with Crippen LogP contribution in [0.2, 0.25) is 0 Å². The Labute approximate surface area is 107 Å². The molecule has 0 heterocycles. The first-order valence-electron chi connectivity index (χ1n) is 6.05. The van der Waals surface area contributed by atoms with Gasteiger partial charge < -0.3 is 15.4 Å². The third kappa shape index (κ3) is 3.91. The Morgan fingerprint density at radius 3 is 2.72 bits per heavy atom. The van der Waals surface area contributed by atoms with E-state index < -0.39 is 11.9 Å². The predicted octanol–water partition coefficient (Wildman–Crippen LogP) is 2.16. The zero-order valence-electron chi connectivity index (χ0n) is 10.9. The van der Waals surface area contributed by atoms with Crippen LogP contribution in [0.5, 0.6) is 5.75 Å². The summed E-state index contributed by atoms with van der Waals surface area (Å²) < 4.78 is 18.7. The molecule has 0 aliphatic heterocycles. The Morgan fingerprint density at radius 1 is 1.44 bits per heavy atom. The Kier molecular flexibility index (Phi) is 5.42. The number of carbonyl (C=O) groups excluding carboxylic acids is 1. The Hall–Kier alpha value is -1.78. The van der Waals surface area contributed by atoms with Gasteiger partial charge in [-0.2, -0.15) is 0 Å². The smallest absolute Gasteiger partial charge is 0.242 e. The summed E-state index contributed by atoms with van der Waals surface area (Å²) in [5.41, 5.74) is 0.551. The maximum absolute atomic E-state index is 13.6. The molecule has 0 radical (unpaired) electrons. The number of carbonyl (C=O) groups is 1. The molecule has 0 aliphatic rings. The van der Waals surface area contributed by atoms with Crippen LogP contribution in [-0.4, -0.2) is 25.1 Å². The van der Waals surface area contributed by atoms with E-state index in [9.17, 15) is 9.18 Å². The molecule has 1 rings (SSSR count). The maximum Gasteiger partial charge on any atom is 0.242 e. The fraction of sp³-hybridized carbons (Fsp3) is 0.462. The van der Waals surface area contributed by atoms with E-state index >= 15 is 0 Å². The van der Waals surface area contributed by atoms with Crippen molar-refractivity contribution in [3.05, 3.63) is 24.0 Å². The van der Waals surface area contributed by atoms with Gasteiger partial charge in [-0.25, -0.2) is 4.39 Å². The number of likely N-dealkylation sites (N-methyl/N-ethyl adjacent to an activating group) is 1. The lowest BCUT2D eigenvalue weighted by Crippen LogP contribution is -2.37. The van der Waals surface area contributed by atoms with Crippen LogP contribution in [-0.2, 0) is 4.79 Å². The van der Waals surface area contributed by atoms with Gasteiger partial charge in [0.2, 0.25) is 5.91 Å². The van der Waals surface area contributed by atoms with Gasteiger partial charge in [0.1, 0.15) is 6.04 Å². The van der Waals surface area contributed by atoms with Crippen molar-refractivity contribution in [3.8, 4) is 5.75 Å². The van der Waals surface area contributed by atoms with E-state index in [4.69, 9.17) is 4.74 Å². The molecule has 1 unspecified atom stereocenters. The molecule has 0 spiro atoms. The average molecular weight is 254 g/mol. The van der Waals surface area contributed by atoms with Crippen molar-refractivity contribution < 1.29 is 13.9 Å². The van der Waals surface area contributed by atoms with Crippen LogP contribution in [0, 0.1) is 5.82 Å². The molecule has 1 amide bonds. The van der Waals surface area contributed by atoms with Gasteiger partial charge in [0.15, 0.2) is 11.6 Å². The first kappa shape index (κ1) is 14.3. The number of rotatable bonds is 6. The lowest BCUT2D eigenvalue weighted by Gasteiger charge is -2.15. The minimum atomic E-state index is -0.440. The van der Waals surface area contributed by atoms with Crippen molar-refractivity contribution in [2.24, 2.45) is 0 Å². The Bertz CT molecular complexity index is 410. The van der Waals surface area contributed by atoms with Gasteiger partial charge >= 0.3 is 0 Å². The SMILES string of the molecule is CCNC(=O)C(C)Nc1ccc(OCC)c(F)c1. The van der Waals surface area contributed by atoms with Gasteiger partial charge in [-0.3, -0.25) is 4.79 Å². The molecule has 1 aromatic carbocycles. The normalized spacial score (nSPS) is 11.8. The molecule has 0 saturated heterocycles. The quantitative estimate of drug-likeness (QED) is 0.818. The van der Waals surface area contributed by atoms with Crippen molar-refractivity contribution in [2.75, 3.05) is 18.5 Å². The summed E-state index contributed by atoms with van der Waals surface area (Å²) in [4.78, 5) is 11.5. The van der Waals surface area contributed by atoms with Crippen LogP contribution >= 0.6 is 0 Å². The summed E-state index contributed by atoms with van der Waals surface area (Å²) in [6.45, 7) is 6.35. The summed E-state index contributed by atoms with van der Waals surface area (Å²) in [5, 5.41) is 5.62. The molecule has 1 aromatic rings. The molecule has 0 fully saturated rings. The minimum Gasteiger partial charge on any atom is -0.491 e. The van der Waals surface area contributed by atoms with Gasteiger partial charge in [-0.1, -0.05) is 0 Å². The molecule has 0 saturated carbocycles. The van der Waals surface area contributed by atoms with Gasteiger partial charge in [-0.05, 0) is 32.9 Å². The second kappa shape index (κ2) is 6.83. The number of anilines is 1. The molecular weight excluding hydrogens is 235 g/mol. The zero-order valence-corrected chi connectivity index (χ0v) is 10.9. The first-order valence-corrected chi connectivity index (χ1v) is 6.05. The van der Waals surface area contributed by atoms with E-state index in [0.717, 1.165) is 0 Å². The zero-order chi connectivity index (χ0) is 13.5. The molecule has 0 aromatic heterocycles. The summed E-state index contributed by atoms with van der Waals surface area (Å²) in [7, 11) is 0. The van der Waals surface area contributed by atoms with E-state index in [-0.39, 0.29) is 11.7 Å². The van der Waals surface area contributed by atoms with Crippen molar-refractivity contribution in [1.29, 1.82) is 0 Å². The minimum absolute atomic E-state index is 0.119. The number of halogens is 1. The van der Waals surface area contributed by atoms with Crippen LogP contribution < -0.4 is 15.4 Å². The highest BCUT2D eigenvalue weighted by molar-refractivity contribution is 5.84. The predicted molar refractivity (Wildman–Crippen MR) is 69.3 cm³/mol. The number of amides is 1. The first-order chi connectivity index (χ1) is 8.58. The second-order valence-corrected chi connectivity index (χ2v) is 3.84. The molecule has 0 aliphatic carbocycles. The molecular formula is C13H19FN2O2. The number of hydrogen-bond acceptors (Lipinski definition) is 3. The van der Waals surface area contributed by atoms with E-state index in [0.29, 0.717) is 18.8 Å². The van der Waals surface area contributed by atoms with E-state index in [1.54, 1.807) is 26.0 Å². The van der Waals surface area contributed by atoms with E-state index in [1.807, 2.05) is 6.92 Å². The molecule has 18 heavy (non-hydrogen) atoms. The van der Waals surface area contributed by atoms with Crippen molar-refractivity contribution in [2.45, 2.75) is 26.8 Å². The van der Waals surface area contributed by atoms with E-state index in [1.165, 1.54) is 6.07 Å². The summed E-state index contributed by atoms with van der Waals surface area (Å²) in [5.74, 6) is -0.342. The number of nitrogens with one attached hydrogen (secondary N) is 2. The van der Waals surface area contributed by atoms with E-state index in [2.05, 4.69) is 10.6 Å². The van der Waals surface area contributed by atoms with Gasteiger partial charge in [0.05, 0.1) is 6.61 Å².